The van der Waals surface area contributed by atoms with Gasteiger partial charge in [-0.2, -0.15) is 0 Å². The lowest BCUT2D eigenvalue weighted by molar-refractivity contribution is -0.387. The average Bonchev–Trinajstić information content (AvgIpc) is 2.36. The molecule has 2 unspecified atom stereocenters. The first kappa shape index (κ1) is 15.0. The summed E-state index contributed by atoms with van der Waals surface area (Å²) in [5.74, 6) is 0. The largest absolute Gasteiger partial charge is 0.313 e. The monoisotopic (exact) mass is 268 g/mol. The van der Waals surface area contributed by atoms with Crippen LogP contribution in [-0.2, 0) is 0 Å². The van der Waals surface area contributed by atoms with Gasteiger partial charge in [0.2, 0.25) is 0 Å². The van der Waals surface area contributed by atoms with Gasteiger partial charge in [0.25, 0.3) is 5.69 Å². The summed E-state index contributed by atoms with van der Waals surface area (Å²) in [7, 11) is 0. The highest BCUT2D eigenvalue weighted by atomic mass is 32.2. The number of hydrogen-bond donors (Lipinski definition) is 1. The minimum Gasteiger partial charge on any atom is -0.313 e. The maximum atomic E-state index is 10.9. The molecule has 0 bridgehead atoms. The lowest BCUT2D eigenvalue weighted by atomic mass is 10.2. The molecule has 0 spiro atoms. The number of nitrogens with one attached hydrogen (secondary N) is 1. The van der Waals surface area contributed by atoms with Crippen molar-refractivity contribution in [3.05, 3.63) is 34.4 Å². The molecule has 1 rings (SSSR count). The predicted octanol–water partition coefficient (Wildman–Crippen LogP) is 3.46. The van der Waals surface area contributed by atoms with Crippen LogP contribution in [0.3, 0.4) is 0 Å². The van der Waals surface area contributed by atoms with Crippen molar-refractivity contribution in [2.24, 2.45) is 0 Å². The smallest absolute Gasteiger partial charge is 0.282 e. The molecule has 5 heteroatoms. The minimum atomic E-state index is -0.320. The van der Waals surface area contributed by atoms with Gasteiger partial charge in [0, 0.05) is 17.4 Å². The van der Waals surface area contributed by atoms with E-state index in [1.807, 2.05) is 12.1 Å². The van der Waals surface area contributed by atoms with Gasteiger partial charge in [-0.05, 0) is 26.0 Å². The minimum absolute atomic E-state index is 0.192. The number of nitro benzene ring substituents is 1. The van der Waals surface area contributed by atoms with E-state index in [0.717, 1.165) is 17.9 Å². The molecule has 0 aliphatic rings. The molecule has 4 nitrogen and oxygen atoms in total. The molecule has 0 aromatic heterocycles. The summed E-state index contributed by atoms with van der Waals surface area (Å²) in [6.45, 7) is 7.30. The predicted molar refractivity (Wildman–Crippen MR) is 76.2 cm³/mol. The summed E-state index contributed by atoms with van der Waals surface area (Å²) >= 11 is 1.55. The van der Waals surface area contributed by atoms with Crippen LogP contribution >= 0.6 is 11.8 Å². The van der Waals surface area contributed by atoms with E-state index in [9.17, 15) is 10.1 Å². The zero-order chi connectivity index (χ0) is 13.5. The summed E-state index contributed by atoms with van der Waals surface area (Å²) in [5, 5.41) is 14.6. The summed E-state index contributed by atoms with van der Waals surface area (Å²) < 4.78 is 0. The maximum absolute atomic E-state index is 10.9. The van der Waals surface area contributed by atoms with Crippen LogP contribution < -0.4 is 5.32 Å². The van der Waals surface area contributed by atoms with Crippen LogP contribution in [0.5, 0.6) is 0 Å². The van der Waals surface area contributed by atoms with Crippen LogP contribution in [0.1, 0.15) is 27.2 Å². The van der Waals surface area contributed by atoms with Crippen molar-refractivity contribution in [2.75, 3.05) is 6.54 Å². The molecule has 100 valence electrons. The molecule has 1 N–H and O–H groups in total. The molecule has 0 saturated carbocycles. The van der Waals surface area contributed by atoms with Gasteiger partial charge in [-0.3, -0.25) is 10.1 Å². The van der Waals surface area contributed by atoms with Gasteiger partial charge in [0.15, 0.2) is 0 Å². The van der Waals surface area contributed by atoms with Gasteiger partial charge < -0.3 is 5.32 Å². The summed E-state index contributed by atoms with van der Waals surface area (Å²) in [5.41, 5.74) is 0.192. The number of rotatable bonds is 7. The maximum Gasteiger partial charge on any atom is 0.282 e. The quantitative estimate of drug-likeness (QED) is 0.467. The molecule has 2 atom stereocenters. The van der Waals surface area contributed by atoms with E-state index in [4.69, 9.17) is 0 Å². The van der Waals surface area contributed by atoms with Crippen LogP contribution in [0.25, 0.3) is 0 Å². The zero-order valence-electron chi connectivity index (χ0n) is 11.1. The molecule has 0 radical (unpaired) electrons. The van der Waals surface area contributed by atoms with Crippen LogP contribution in [0, 0.1) is 10.1 Å². The summed E-state index contributed by atoms with van der Waals surface area (Å²) in [6.07, 6.45) is 1.09. The van der Waals surface area contributed by atoms with E-state index in [2.05, 4.69) is 26.1 Å². The van der Waals surface area contributed by atoms with E-state index < -0.39 is 0 Å². The highest BCUT2D eigenvalue weighted by Gasteiger charge is 2.18. The Morgan fingerprint density at radius 2 is 2.06 bits per heavy atom. The fourth-order valence-corrected chi connectivity index (χ4v) is 2.67. The molecule has 1 aromatic rings. The Kier molecular flexibility index (Phi) is 6.15. The first-order valence-corrected chi connectivity index (χ1v) is 7.07. The lowest BCUT2D eigenvalue weighted by Gasteiger charge is -2.20. The number of hydrogen-bond acceptors (Lipinski definition) is 4. The first-order chi connectivity index (χ1) is 8.56. The number of nitrogens with zero attached hydrogens (tertiary/aromatic N) is 1. The second-order valence-corrected chi connectivity index (χ2v) is 5.71. The third-order valence-electron chi connectivity index (χ3n) is 2.80. The highest BCUT2D eigenvalue weighted by molar-refractivity contribution is 8.00. The molecule has 0 aliphatic heterocycles. The highest BCUT2D eigenvalue weighted by Crippen LogP contribution is 2.32. The fourth-order valence-electron chi connectivity index (χ4n) is 1.55. The number of para-hydroxylation sites is 1. The topological polar surface area (TPSA) is 55.2 Å². The fraction of sp³-hybridized carbons (Fsp3) is 0.538. The van der Waals surface area contributed by atoms with E-state index in [0.29, 0.717) is 6.04 Å². The normalized spacial score (nSPS) is 14.2. The van der Waals surface area contributed by atoms with Gasteiger partial charge >= 0.3 is 0 Å². The van der Waals surface area contributed by atoms with Crippen molar-refractivity contribution in [1.82, 2.24) is 5.32 Å². The molecule has 0 heterocycles. The van der Waals surface area contributed by atoms with Crippen molar-refractivity contribution < 1.29 is 4.92 Å². The Bertz CT molecular complexity index is 398. The van der Waals surface area contributed by atoms with Crippen LogP contribution in [0.2, 0.25) is 0 Å². The molecule has 18 heavy (non-hydrogen) atoms. The molecule has 0 saturated heterocycles. The van der Waals surface area contributed by atoms with Crippen LogP contribution in [0.15, 0.2) is 29.2 Å². The summed E-state index contributed by atoms with van der Waals surface area (Å²) in [6, 6.07) is 7.23. The van der Waals surface area contributed by atoms with Gasteiger partial charge in [0.05, 0.1) is 9.82 Å². The van der Waals surface area contributed by atoms with Gasteiger partial charge in [-0.15, -0.1) is 11.8 Å². The Morgan fingerprint density at radius 1 is 1.39 bits per heavy atom. The van der Waals surface area contributed by atoms with Crippen molar-refractivity contribution in [3.8, 4) is 0 Å². The standard InChI is InChI=1S/C13H20N2O2S/c1-4-9-14-10(2)11(3)18-13-8-6-5-7-12(13)15(16)17/h5-8,10-11,14H,4,9H2,1-3H3. The molecule has 1 aromatic carbocycles. The lowest BCUT2D eigenvalue weighted by Crippen LogP contribution is -2.34. The van der Waals surface area contributed by atoms with Crippen LogP contribution in [0.4, 0.5) is 5.69 Å². The van der Waals surface area contributed by atoms with E-state index in [1.165, 1.54) is 0 Å². The number of nitro groups is 1. The third-order valence-corrected chi connectivity index (χ3v) is 4.17. The molecular formula is C13H20N2O2S. The van der Waals surface area contributed by atoms with Crippen LogP contribution in [-0.4, -0.2) is 22.8 Å². The van der Waals surface area contributed by atoms with Gasteiger partial charge in [0.1, 0.15) is 0 Å². The Morgan fingerprint density at radius 3 is 2.67 bits per heavy atom. The molecule has 0 amide bonds. The van der Waals surface area contributed by atoms with Crippen molar-refractivity contribution in [2.45, 2.75) is 43.4 Å². The number of thioether (sulfide) groups is 1. The van der Waals surface area contributed by atoms with Crippen molar-refractivity contribution in [1.29, 1.82) is 0 Å². The second kappa shape index (κ2) is 7.38. The Balaban J connectivity index is 2.69. The second-order valence-electron chi connectivity index (χ2n) is 4.29. The number of benzene rings is 1. The van der Waals surface area contributed by atoms with E-state index in [1.54, 1.807) is 23.9 Å². The van der Waals surface area contributed by atoms with Crippen molar-refractivity contribution in [3.63, 3.8) is 0 Å². The molecule has 0 fully saturated rings. The first-order valence-electron chi connectivity index (χ1n) is 6.19. The summed E-state index contributed by atoms with van der Waals surface area (Å²) in [4.78, 5) is 11.3. The molecular weight excluding hydrogens is 248 g/mol. The average molecular weight is 268 g/mol. The SMILES string of the molecule is CCCNC(C)C(C)Sc1ccccc1[N+](=O)[O-]. The Labute approximate surface area is 112 Å². The Hall–Kier alpha value is -1.07. The molecule has 0 aliphatic carbocycles. The van der Waals surface area contributed by atoms with Gasteiger partial charge in [-0.25, -0.2) is 0 Å². The third kappa shape index (κ3) is 4.31. The van der Waals surface area contributed by atoms with E-state index in [-0.39, 0.29) is 15.9 Å². The van der Waals surface area contributed by atoms with Gasteiger partial charge in [-0.1, -0.05) is 26.0 Å². The zero-order valence-corrected chi connectivity index (χ0v) is 11.9. The van der Waals surface area contributed by atoms with E-state index >= 15 is 0 Å². The van der Waals surface area contributed by atoms with Crippen molar-refractivity contribution >= 4 is 17.4 Å².